The average Bonchev–Trinajstić information content (AvgIpc) is 3.58. The van der Waals surface area contributed by atoms with Crippen LogP contribution in [0.15, 0.2) is 46.9 Å². The van der Waals surface area contributed by atoms with Gasteiger partial charge in [-0.15, -0.1) is 4.72 Å². The maximum Gasteiger partial charge on any atom is 0.226 e. The van der Waals surface area contributed by atoms with Crippen molar-refractivity contribution in [2.75, 3.05) is 20.1 Å². The summed E-state index contributed by atoms with van der Waals surface area (Å²) in [7, 11) is 1.57. The smallest absolute Gasteiger partial charge is 0.226 e. The van der Waals surface area contributed by atoms with Crippen molar-refractivity contribution in [1.82, 2.24) is 9.62 Å². The summed E-state index contributed by atoms with van der Waals surface area (Å²) < 4.78 is 46.8. The molecule has 4 rings (SSSR count). The molecule has 1 amide bonds. The maximum atomic E-state index is 14.4. The van der Waals surface area contributed by atoms with Gasteiger partial charge in [0.15, 0.2) is 11.5 Å². The van der Waals surface area contributed by atoms with Gasteiger partial charge in [-0.05, 0) is 52.8 Å². The molecular formula is C23H25F2N3O2S. The summed E-state index contributed by atoms with van der Waals surface area (Å²) in [5.41, 5.74) is 1.28. The maximum absolute atomic E-state index is 14.4. The van der Waals surface area contributed by atoms with Gasteiger partial charge in [-0.3, -0.25) is 4.79 Å². The van der Waals surface area contributed by atoms with E-state index in [1.165, 1.54) is 18.2 Å². The van der Waals surface area contributed by atoms with E-state index < -0.39 is 23.2 Å². The van der Waals surface area contributed by atoms with E-state index in [2.05, 4.69) is 9.12 Å². The van der Waals surface area contributed by atoms with Gasteiger partial charge in [-0.25, -0.2) is 8.78 Å². The van der Waals surface area contributed by atoms with Crippen molar-refractivity contribution in [3.63, 3.8) is 0 Å². The SMILES string of the molecule is CN[S+]([O-])N=CC1CCCN(C(=O)[C@@H]2C[C@H]2c2ccccc2-c2c(F)cccc2F)C1. The van der Waals surface area contributed by atoms with Crippen molar-refractivity contribution in [3.8, 4) is 11.1 Å². The van der Waals surface area contributed by atoms with E-state index in [4.69, 9.17) is 0 Å². The summed E-state index contributed by atoms with van der Waals surface area (Å²) in [6.07, 6.45) is 4.11. The Labute approximate surface area is 184 Å². The molecule has 4 atom stereocenters. The van der Waals surface area contributed by atoms with Crippen molar-refractivity contribution in [3.05, 3.63) is 59.7 Å². The Kier molecular flexibility index (Phi) is 6.69. The van der Waals surface area contributed by atoms with Crippen LogP contribution in [-0.4, -0.2) is 41.7 Å². The van der Waals surface area contributed by atoms with Gasteiger partial charge in [-0.2, -0.15) is 0 Å². The fourth-order valence-electron chi connectivity index (χ4n) is 4.38. The van der Waals surface area contributed by atoms with E-state index in [1.54, 1.807) is 25.4 Å². The van der Waals surface area contributed by atoms with E-state index >= 15 is 0 Å². The predicted molar refractivity (Wildman–Crippen MR) is 118 cm³/mol. The summed E-state index contributed by atoms with van der Waals surface area (Å²) in [5.74, 6) is -1.29. The molecule has 1 saturated carbocycles. The highest BCUT2D eigenvalue weighted by atomic mass is 32.2. The molecule has 2 unspecified atom stereocenters. The van der Waals surface area contributed by atoms with Crippen LogP contribution in [0, 0.1) is 23.5 Å². The highest BCUT2D eigenvalue weighted by Crippen LogP contribution is 2.51. The molecule has 0 aromatic heterocycles. The summed E-state index contributed by atoms with van der Waals surface area (Å²) in [5, 5.41) is 0. The number of nitrogens with zero attached hydrogens (tertiary/aromatic N) is 2. The van der Waals surface area contributed by atoms with Crippen LogP contribution in [0.5, 0.6) is 0 Å². The molecular weight excluding hydrogens is 420 g/mol. The number of hydrogen-bond donors (Lipinski definition) is 1. The van der Waals surface area contributed by atoms with Crippen LogP contribution < -0.4 is 4.72 Å². The fraction of sp³-hybridized carbons (Fsp3) is 0.391. The topological polar surface area (TPSA) is 67.8 Å². The Hall–Kier alpha value is -2.29. The second-order valence-electron chi connectivity index (χ2n) is 8.03. The number of halogens is 2. The molecule has 2 fully saturated rings. The summed E-state index contributed by atoms with van der Waals surface area (Å²) in [4.78, 5) is 15.0. The van der Waals surface area contributed by atoms with Crippen molar-refractivity contribution in [2.24, 2.45) is 16.2 Å². The summed E-state index contributed by atoms with van der Waals surface area (Å²) in [6.45, 7) is 1.24. The molecule has 1 aliphatic carbocycles. The third-order valence-corrected chi connectivity index (χ3v) is 6.67. The first-order chi connectivity index (χ1) is 15.0. The molecule has 2 aromatic carbocycles. The third-order valence-electron chi connectivity index (χ3n) is 6.01. The number of nitrogens with one attached hydrogen (secondary N) is 1. The normalized spacial score (nSPS) is 24.4. The van der Waals surface area contributed by atoms with E-state index in [9.17, 15) is 18.1 Å². The van der Waals surface area contributed by atoms with Crippen LogP contribution in [0.2, 0.25) is 0 Å². The zero-order chi connectivity index (χ0) is 22.0. The molecule has 2 aliphatic rings. The first-order valence-corrected chi connectivity index (χ1v) is 11.6. The molecule has 2 aromatic rings. The van der Waals surface area contributed by atoms with E-state index in [1.807, 2.05) is 17.0 Å². The van der Waals surface area contributed by atoms with Gasteiger partial charge in [-0.1, -0.05) is 30.3 Å². The van der Waals surface area contributed by atoms with Crippen molar-refractivity contribution in [1.29, 1.82) is 0 Å². The molecule has 1 heterocycles. The van der Waals surface area contributed by atoms with Crippen molar-refractivity contribution < 1.29 is 18.1 Å². The first-order valence-electron chi connectivity index (χ1n) is 10.4. The van der Waals surface area contributed by atoms with Crippen LogP contribution in [0.25, 0.3) is 11.1 Å². The zero-order valence-electron chi connectivity index (χ0n) is 17.3. The Balaban J connectivity index is 1.48. The van der Waals surface area contributed by atoms with E-state index in [0.29, 0.717) is 25.1 Å². The molecule has 1 N–H and O–H groups in total. The van der Waals surface area contributed by atoms with Crippen molar-refractivity contribution >= 4 is 23.7 Å². The van der Waals surface area contributed by atoms with Crippen LogP contribution in [0.4, 0.5) is 8.78 Å². The second kappa shape index (κ2) is 9.46. The zero-order valence-corrected chi connectivity index (χ0v) is 18.1. The lowest BCUT2D eigenvalue weighted by molar-refractivity contribution is -0.134. The van der Waals surface area contributed by atoms with Gasteiger partial charge >= 0.3 is 0 Å². The Morgan fingerprint density at radius 2 is 1.97 bits per heavy atom. The number of benzene rings is 2. The van der Waals surface area contributed by atoms with Crippen LogP contribution >= 0.6 is 0 Å². The number of rotatable bonds is 6. The number of piperidine rings is 1. The minimum absolute atomic E-state index is 0.0389. The molecule has 8 heteroatoms. The minimum Gasteiger partial charge on any atom is -0.572 e. The van der Waals surface area contributed by atoms with Gasteiger partial charge in [0.2, 0.25) is 5.91 Å². The Bertz CT molecular complexity index is 967. The van der Waals surface area contributed by atoms with Gasteiger partial charge < -0.3 is 9.45 Å². The molecule has 1 saturated heterocycles. The minimum atomic E-state index is -1.45. The molecule has 5 nitrogen and oxygen atoms in total. The lowest BCUT2D eigenvalue weighted by atomic mass is 9.94. The van der Waals surface area contributed by atoms with Gasteiger partial charge in [0.05, 0.1) is 11.8 Å². The van der Waals surface area contributed by atoms with E-state index in [0.717, 1.165) is 18.4 Å². The lowest BCUT2D eigenvalue weighted by Crippen LogP contribution is -2.41. The number of hydrogen-bond acceptors (Lipinski definition) is 4. The quantitative estimate of drug-likeness (QED) is 0.543. The van der Waals surface area contributed by atoms with Gasteiger partial charge in [0, 0.05) is 32.0 Å². The van der Waals surface area contributed by atoms with Crippen LogP contribution in [0.1, 0.15) is 30.7 Å². The summed E-state index contributed by atoms with van der Waals surface area (Å²) >= 11 is -1.45. The number of carbonyl (C=O) groups excluding carboxylic acids is 1. The highest BCUT2D eigenvalue weighted by Gasteiger charge is 2.47. The third kappa shape index (κ3) is 4.81. The van der Waals surface area contributed by atoms with Gasteiger partial charge in [0.1, 0.15) is 11.6 Å². The number of likely N-dealkylation sites (tertiary alicyclic amines) is 1. The lowest BCUT2D eigenvalue weighted by Gasteiger charge is -2.31. The number of amides is 1. The van der Waals surface area contributed by atoms with Crippen molar-refractivity contribution in [2.45, 2.75) is 25.2 Å². The van der Waals surface area contributed by atoms with E-state index in [-0.39, 0.29) is 29.2 Å². The monoisotopic (exact) mass is 445 g/mol. The molecule has 164 valence electrons. The Morgan fingerprint density at radius 3 is 2.71 bits per heavy atom. The highest BCUT2D eigenvalue weighted by molar-refractivity contribution is 7.88. The Morgan fingerprint density at radius 1 is 1.23 bits per heavy atom. The van der Waals surface area contributed by atoms with Crippen LogP contribution in [-0.2, 0) is 16.3 Å². The standard InChI is InChI=1S/C23H25F2N3O2S/c1-26-31(30)27-13-15-6-5-11-28(14-15)23(29)19-12-18(19)16-7-2-3-8-17(16)22-20(24)9-4-10-21(22)25/h2-4,7-10,13,15,18-19,26H,5-6,11-12,14H2,1H3/t15?,18-,19+,31?/m0/s1. The summed E-state index contributed by atoms with van der Waals surface area (Å²) in [6, 6.07) is 11.0. The fourth-order valence-corrected chi connectivity index (χ4v) is 4.76. The first kappa shape index (κ1) is 21.9. The molecule has 1 aliphatic heterocycles. The second-order valence-corrected chi connectivity index (χ2v) is 9.14. The number of carbonyl (C=O) groups is 1. The average molecular weight is 446 g/mol. The molecule has 0 bridgehead atoms. The predicted octanol–water partition coefficient (Wildman–Crippen LogP) is 3.84. The molecule has 0 spiro atoms. The molecule has 0 radical (unpaired) electrons. The van der Waals surface area contributed by atoms with Gasteiger partial charge in [0.25, 0.3) is 0 Å². The molecule has 31 heavy (non-hydrogen) atoms. The van der Waals surface area contributed by atoms with Crippen LogP contribution in [0.3, 0.4) is 0 Å². The largest absolute Gasteiger partial charge is 0.572 e.